The predicted molar refractivity (Wildman–Crippen MR) is 134 cm³/mol. The topological polar surface area (TPSA) is 67.8 Å². The molecule has 2 heterocycles. The van der Waals surface area contributed by atoms with E-state index in [-0.39, 0.29) is 24.0 Å². The molecule has 2 aliphatic heterocycles. The van der Waals surface area contributed by atoms with E-state index in [0.717, 1.165) is 81.1 Å². The van der Waals surface area contributed by atoms with Crippen LogP contribution in [0.4, 0.5) is 0 Å². The summed E-state index contributed by atoms with van der Waals surface area (Å²) in [5, 5.41) is 3.46. The number of nitrogens with one attached hydrogen (secondary N) is 1. The second kappa shape index (κ2) is 13.2. The van der Waals surface area contributed by atoms with Gasteiger partial charge in [0, 0.05) is 63.0 Å². The summed E-state index contributed by atoms with van der Waals surface area (Å²) in [4.78, 5) is 9.85. The number of benzene rings is 1. The molecule has 0 aliphatic carbocycles. The highest BCUT2D eigenvalue weighted by molar-refractivity contribution is 14.0. The summed E-state index contributed by atoms with van der Waals surface area (Å²) in [5.74, 6) is 3.23. The zero-order valence-corrected chi connectivity index (χ0v) is 21.5. The Morgan fingerprint density at radius 1 is 1.10 bits per heavy atom. The lowest BCUT2D eigenvalue weighted by atomic mass is 10.1. The summed E-state index contributed by atoms with van der Waals surface area (Å²) in [5.41, 5.74) is 1.01. The zero-order chi connectivity index (χ0) is 21.3. The fourth-order valence-electron chi connectivity index (χ4n) is 4.20. The molecule has 9 heteroatoms. The number of halogens is 1. The minimum atomic E-state index is 0. The van der Waals surface area contributed by atoms with Crippen molar-refractivity contribution < 1.29 is 18.9 Å². The number of rotatable bonds is 8. The molecule has 0 radical (unpaired) electrons. The first-order chi connectivity index (χ1) is 14.7. The molecule has 8 nitrogen and oxygen atoms in total. The van der Waals surface area contributed by atoms with Crippen molar-refractivity contribution in [3.05, 3.63) is 17.7 Å². The summed E-state index contributed by atoms with van der Waals surface area (Å²) in [6, 6.07) is 4.36. The maximum atomic E-state index is 5.57. The SMILES string of the molecule is CCNC(=NCCc1c(OC)cc(OC)cc1OC)N1CCC(N2CCOCC2)C1.I. The van der Waals surface area contributed by atoms with Crippen LogP contribution < -0.4 is 19.5 Å². The maximum absolute atomic E-state index is 5.57. The number of guanidine groups is 1. The van der Waals surface area contributed by atoms with Crippen LogP contribution in [0.5, 0.6) is 17.2 Å². The third-order valence-corrected chi connectivity index (χ3v) is 5.80. The van der Waals surface area contributed by atoms with Crippen molar-refractivity contribution in [3.8, 4) is 17.2 Å². The van der Waals surface area contributed by atoms with Gasteiger partial charge in [0.2, 0.25) is 0 Å². The lowest BCUT2D eigenvalue weighted by Crippen LogP contribution is -2.46. The Balaban J connectivity index is 0.00000341. The molecule has 0 bridgehead atoms. The van der Waals surface area contributed by atoms with Gasteiger partial charge in [0.1, 0.15) is 17.2 Å². The highest BCUT2D eigenvalue weighted by Crippen LogP contribution is 2.34. The molecule has 176 valence electrons. The fourth-order valence-corrected chi connectivity index (χ4v) is 4.20. The highest BCUT2D eigenvalue weighted by Gasteiger charge is 2.30. The van der Waals surface area contributed by atoms with Crippen LogP contribution in [-0.2, 0) is 11.2 Å². The van der Waals surface area contributed by atoms with E-state index in [4.69, 9.17) is 23.9 Å². The first-order valence-electron chi connectivity index (χ1n) is 10.8. The van der Waals surface area contributed by atoms with Gasteiger partial charge >= 0.3 is 0 Å². The van der Waals surface area contributed by atoms with Crippen molar-refractivity contribution in [1.82, 2.24) is 15.1 Å². The average molecular weight is 548 g/mol. The Morgan fingerprint density at radius 2 is 1.77 bits per heavy atom. The molecule has 2 aliphatic rings. The van der Waals surface area contributed by atoms with Crippen molar-refractivity contribution in [2.75, 3.05) is 73.8 Å². The molecule has 0 aromatic heterocycles. The van der Waals surface area contributed by atoms with E-state index in [1.165, 1.54) is 6.42 Å². The van der Waals surface area contributed by atoms with Gasteiger partial charge in [-0.3, -0.25) is 9.89 Å². The second-order valence-electron chi connectivity index (χ2n) is 7.53. The van der Waals surface area contributed by atoms with Crippen molar-refractivity contribution in [3.63, 3.8) is 0 Å². The minimum Gasteiger partial charge on any atom is -0.496 e. The third kappa shape index (κ3) is 6.76. The molecule has 1 aromatic rings. The van der Waals surface area contributed by atoms with Gasteiger partial charge in [-0.2, -0.15) is 0 Å². The molecule has 1 aromatic carbocycles. The quantitative estimate of drug-likeness (QED) is 0.304. The summed E-state index contributed by atoms with van der Waals surface area (Å²) in [6.07, 6.45) is 1.90. The van der Waals surface area contributed by atoms with E-state index in [9.17, 15) is 0 Å². The molecule has 1 N–H and O–H groups in total. The molecule has 1 unspecified atom stereocenters. The van der Waals surface area contributed by atoms with Gasteiger partial charge in [-0.1, -0.05) is 0 Å². The maximum Gasteiger partial charge on any atom is 0.193 e. The molecular weight excluding hydrogens is 511 g/mol. The van der Waals surface area contributed by atoms with Gasteiger partial charge in [-0.05, 0) is 19.8 Å². The summed E-state index contributed by atoms with van der Waals surface area (Å²) < 4.78 is 22.0. The largest absolute Gasteiger partial charge is 0.496 e. The van der Waals surface area contributed by atoms with Crippen LogP contribution in [0, 0.1) is 0 Å². The number of likely N-dealkylation sites (tertiary alicyclic amines) is 1. The molecule has 1 atom stereocenters. The van der Waals surface area contributed by atoms with Crippen LogP contribution >= 0.6 is 24.0 Å². The van der Waals surface area contributed by atoms with E-state index >= 15 is 0 Å². The molecule has 2 saturated heterocycles. The number of aliphatic imine (C=N–C) groups is 1. The summed E-state index contributed by atoms with van der Waals surface area (Å²) in [7, 11) is 4.98. The van der Waals surface area contributed by atoms with Gasteiger partial charge in [-0.15, -0.1) is 24.0 Å². The molecule has 0 saturated carbocycles. The van der Waals surface area contributed by atoms with Gasteiger partial charge in [0.25, 0.3) is 0 Å². The van der Waals surface area contributed by atoms with Crippen molar-refractivity contribution in [2.24, 2.45) is 4.99 Å². The Bertz CT molecular complexity index is 688. The normalized spacial score (nSPS) is 19.7. The molecule has 3 rings (SSSR count). The smallest absolute Gasteiger partial charge is 0.193 e. The van der Waals surface area contributed by atoms with Crippen molar-refractivity contribution in [2.45, 2.75) is 25.8 Å². The van der Waals surface area contributed by atoms with Gasteiger partial charge in [0.05, 0.1) is 34.5 Å². The van der Waals surface area contributed by atoms with Crippen LogP contribution in [0.1, 0.15) is 18.9 Å². The minimum absolute atomic E-state index is 0. The monoisotopic (exact) mass is 548 g/mol. The van der Waals surface area contributed by atoms with E-state index in [0.29, 0.717) is 12.6 Å². The standard InChI is InChI=1S/C22H36N4O4.HI/c1-5-23-22(26-9-7-17(16-26)25-10-12-30-13-11-25)24-8-6-19-20(28-3)14-18(27-2)15-21(19)29-4;/h14-15,17H,5-13,16H2,1-4H3,(H,23,24);1H. The van der Waals surface area contributed by atoms with E-state index in [2.05, 4.69) is 22.0 Å². The number of morpholine rings is 1. The number of methoxy groups -OCH3 is 3. The van der Waals surface area contributed by atoms with Crippen molar-refractivity contribution in [1.29, 1.82) is 0 Å². The predicted octanol–water partition coefficient (Wildman–Crippen LogP) is 2.24. The van der Waals surface area contributed by atoms with E-state index < -0.39 is 0 Å². The second-order valence-corrected chi connectivity index (χ2v) is 7.53. The number of hydrogen-bond acceptors (Lipinski definition) is 6. The third-order valence-electron chi connectivity index (χ3n) is 5.80. The lowest BCUT2D eigenvalue weighted by molar-refractivity contribution is 0.0195. The van der Waals surface area contributed by atoms with Crippen LogP contribution in [0.2, 0.25) is 0 Å². The van der Waals surface area contributed by atoms with Crippen LogP contribution in [-0.4, -0.2) is 95.6 Å². The van der Waals surface area contributed by atoms with Gasteiger partial charge in [-0.25, -0.2) is 0 Å². The van der Waals surface area contributed by atoms with Crippen LogP contribution in [0.25, 0.3) is 0 Å². The molecule has 31 heavy (non-hydrogen) atoms. The zero-order valence-electron chi connectivity index (χ0n) is 19.2. The van der Waals surface area contributed by atoms with E-state index in [1.807, 2.05) is 12.1 Å². The van der Waals surface area contributed by atoms with Gasteiger partial charge < -0.3 is 29.2 Å². The highest BCUT2D eigenvalue weighted by atomic mass is 127. The Kier molecular flexibility index (Phi) is 11.0. The van der Waals surface area contributed by atoms with E-state index in [1.54, 1.807) is 21.3 Å². The number of ether oxygens (including phenoxy) is 4. The summed E-state index contributed by atoms with van der Waals surface area (Å²) in [6.45, 7) is 9.41. The number of nitrogens with zero attached hydrogens (tertiary/aromatic N) is 3. The first kappa shape index (κ1) is 25.8. The van der Waals surface area contributed by atoms with Crippen LogP contribution in [0.3, 0.4) is 0 Å². The van der Waals surface area contributed by atoms with Crippen LogP contribution in [0.15, 0.2) is 17.1 Å². The molecule has 0 amide bonds. The first-order valence-corrected chi connectivity index (χ1v) is 10.8. The molecule has 2 fully saturated rings. The average Bonchev–Trinajstić information content (AvgIpc) is 3.29. The van der Waals surface area contributed by atoms with Crippen molar-refractivity contribution >= 4 is 29.9 Å². The lowest BCUT2D eigenvalue weighted by Gasteiger charge is -2.32. The number of hydrogen-bond donors (Lipinski definition) is 1. The Labute approximate surface area is 203 Å². The Morgan fingerprint density at radius 3 is 2.35 bits per heavy atom. The van der Waals surface area contributed by atoms with Gasteiger partial charge in [0.15, 0.2) is 5.96 Å². The molecule has 0 spiro atoms. The fraction of sp³-hybridized carbons (Fsp3) is 0.682. The Hall–Kier alpha value is -1.46. The summed E-state index contributed by atoms with van der Waals surface area (Å²) >= 11 is 0. The molecular formula is C22H37IN4O4.